The molecule has 0 atom stereocenters. The number of nitrogens with zero attached hydrogens (tertiary/aromatic N) is 1. The van der Waals surface area contributed by atoms with E-state index in [2.05, 4.69) is 31.2 Å². The molecular weight excluding hydrogens is 369 g/mol. The number of nitrogens with one attached hydrogen (secondary N) is 2. The third-order valence-electron chi connectivity index (χ3n) is 5.71. The molecule has 2 aromatic rings. The van der Waals surface area contributed by atoms with Crippen LogP contribution < -0.4 is 14.5 Å². The minimum absolute atomic E-state index is 0.177. The van der Waals surface area contributed by atoms with Gasteiger partial charge in [-0.05, 0) is 30.7 Å². The maximum atomic E-state index is 13.6. The number of aryl methyl sites for hydroxylation is 1. The number of benzene rings is 2. The summed E-state index contributed by atoms with van der Waals surface area (Å²) in [6, 6.07) is 13.0. The summed E-state index contributed by atoms with van der Waals surface area (Å²) >= 11 is 0. The first-order chi connectivity index (χ1) is 13.9. The van der Waals surface area contributed by atoms with Crippen molar-refractivity contribution in [2.24, 2.45) is 0 Å². The molecule has 2 N–H and O–H groups in total. The molecule has 29 heavy (non-hydrogen) atoms. The van der Waals surface area contributed by atoms with E-state index in [9.17, 15) is 9.18 Å². The molecule has 0 bridgehead atoms. The molecule has 2 aromatic carbocycles. The van der Waals surface area contributed by atoms with Gasteiger partial charge in [0.25, 0.3) is 5.91 Å². The number of carbonyl (C=O) groups excluding carboxylic acids is 1. The topological polar surface area (TPSA) is 38.4 Å². The summed E-state index contributed by atoms with van der Waals surface area (Å²) in [4.78, 5) is 17.2. The van der Waals surface area contributed by atoms with E-state index in [0.29, 0.717) is 13.1 Å². The minimum Gasteiger partial charge on any atom is -0.496 e. The number of likely N-dealkylation sites (N-methyl/N-ethyl adjacent to an activating group) is 1. The van der Waals surface area contributed by atoms with Crippen molar-refractivity contribution in [3.63, 3.8) is 0 Å². The lowest BCUT2D eigenvalue weighted by atomic mass is 10.1. The standard InChI is InChI=1S/C23H30FN3O2/c1-18-4-6-19(7-5-18)15-25(2)23(28)17-27-12-10-26(11-13-27)16-20-14-21(24)8-9-22(20)29-3/h4-9,14H,10-13,15-17H2,1-3H3/p+2. The lowest BCUT2D eigenvalue weighted by Gasteiger charge is -2.30. The normalized spacial score (nSPS) is 19.0. The third-order valence-corrected chi connectivity index (χ3v) is 5.71. The number of carbonyl (C=O) groups is 1. The van der Waals surface area contributed by atoms with Crippen LogP contribution in [0.3, 0.4) is 0 Å². The molecule has 0 spiro atoms. The number of methoxy groups -OCH3 is 1. The number of rotatable bonds is 7. The number of ether oxygens (including phenoxy) is 1. The van der Waals surface area contributed by atoms with Gasteiger partial charge in [-0.1, -0.05) is 29.8 Å². The Labute approximate surface area is 172 Å². The van der Waals surface area contributed by atoms with Gasteiger partial charge in [0.15, 0.2) is 6.54 Å². The maximum absolute atomic E-state index is 13.6. The third kappa shape index (κ3) is 6.02. The van der Waals surface area contributed by atoms with Crippen molar-refractivity contribution in [1.29, 1.82) is 0 Å². The van der Waals surface area contributed by atoms with Gasteiger partial charge in [-0.2, -0.15) is 0 Å². The van der Waals surface area contributed by atoms with Crippen LogP contribution in [0, 0.1) is 12.7 Å². The first-order valence-electron chi connectivity index (χ1n) is 10.2. The average molecular weight is 402 g/mol. The Hall–Kier alpha value is -2.44. The molecule has 1 aliphatic rings. The van der Waals surface area contributed by atoms with E-state index in [1.54, 1.807) is 19.2 Å². The number of quaternary nitrogens is 2. The quantitative estimate of drug-likeness (QED) is 0.690. The van der Waals surface area contributed by atoms with Crippen LogP contribution in [-0.4, -0.2) is 57.7 Å². The molecule has 1 fully saturated rings. The molecule has 1 heterocycles. The SMILES string of the molecule is COc1ccc(F)cc1C[NH+]1CC[NH+](CC(=O)N(C)Cc2ccc(C)cc2)CC1. The fraction of sp³-hybridized carbons (Fsp3) is 0.435. The van der Waals surface area contributed by atoms with Crippen LogP contribution >= 0.6 is 0 Å². The molecule has 0 aromatic heterocycles. The Morgan fingerprint density at radius 3 is 2.38 bits per heavy atom. The van der Waals surface area contributed by atoms with E-state index in [1.165, 1.54) is 21.4 Å². The van der Waals surface area contributed by atoms with Crippen LogP contribution in [-0.2, 0) is 17.9 Å². The van der Waals surface area contributed by atoms with Crippen LogP contribution in [0.5, 0.6) is 5.75 Å². The van der Waals surface area contributed by atoms with E-state index >= 15 is 0 Å². The predicted molar refractivity (Wildman–Crippen MR) is 111 cm³/mol. The van der Waals surface area contributed by atoms with Crippen molar-refractivity contribution in [1.82, 2.24) is 4.90 Å². The van der Waals surface area contributed by atoms with Gasteiger partial charge in [-0.25, -0.2) is 4.39 Å². The van der Waals surface area contributed by atoms with E-state index < -0.39 is 0 Å². The van der Waals surface area contributed by atoms with Gasteiger partial charge in [0.2, 0.25) is 0 Å². The molecule has 1 aliphatic heterocycles. The van der Waals surface area contributed by atoms with E-state index in [0.717, 1.165) is 49.6 Å². The smallest absolute Gasteiger partial charge is 0.277 e. The van der Waals surface area contributed by atoms with Gasteiger partial charge in [0.05, 0.1) is 12.7 Å². The zero-order valence-corrected chi connectivity index (χ0v) is 17.6. The summed E-state index contributed by atoms with van der Waals surface area (Å²) in [6.45, 7) is 7.79. The lowest BCUT2D eigenvalue weighted by Crippen LogP contribution is -3.28. The second kappa shape index (κ2) is 9.85. The van der Waals surface area contributed by atoms with Gasteiger partial charge in [0, 0.05) is 13.6 Å². The van der Waals surface area contributed by atoms with Gasteiger partial charge < -0.3 is 19.4 Å². The second-order valence-electron chi connectivity index (χ2n) is 8.05. The monoisotopic (exact) mass is 401 g/mol. The van der Waals surface area contributed by atoms with Crippen LogP contribution in [0.2, 0.25) is 0 Å². The van der Waals surface area contributed by atoms with Crippen molar-refractivity contribution in [3.05, 3.63) is 65.0 Å². The Bertz CT molecular complexity index is 817. The summed E-state index contributed by atoms with van der Waals surface area (Å²) in [5.41, 5.74) is 3.28. The predicted octanol–water partition coefficient (Wildman–Crippen LogP) is 0.0847. The lowest BCUT2D eigenvalue weighted by molar-refractivity contribution is -1.02. The summed E-state index contributed by atoms with van der Waals surface area (Å²) in [5, 5.41) is 0. The Morgan fingerprint density at radius 1 is 1.07 bits per heavy atom. The van der Waals surface area contributed by atoms with Crippen molar-refractivity contribution in [2.75, 3.05) is 46.9 Å². The highest BCUT2D eigenvalue weighted by molar-refractivity contribution is 5.76. The zero-order chi connectivity index (χ0) is 20.8. The maximum Gasteiger partial charge on any atom is 0.277 e. The van der Waals surface area contributed by atoms with Crippen LogP contribution in [0.4, 0.5) is 4.39 Å². The summed E-state index contributed by atoms with van der Waals surface area (Å²) in [6.07, 6.45) is 0. The average Bonchev–Trinajstić information content (AvgIpc) is 2.71. The number of hydrogen-bond acceptors (Lipinski definition) is 2. The fourth-order valence-electron chi connectivity index (χ4n) is 3.87. The highest BCUT2D eigenvalue weighted by Crippen LogP contribution is 2.18. The van der Waals surface area contributed by atoms with E-state index in [-0.39, 0.29) is 11.7 Å². The highest BCUT2D eigenvalue weighted by Gasteiger charge is 2.26. The van der Waals surface area contributed by atoms with E-state index in [1.807, 2.05) is 11.9 Å². The number of halogens is 1. The van der Waals surface area contributed by atoms with Gasteiger partial charge in [-0.15, -0.1) is 0 Å². The Kier molecular flexibility index (Phi) is 7.23. The second-order valence-corrected chi connectivity index (χ2v) is 8.05. The molecule has 0 saturated carbocycles. The van der Waals surface area contributed by atoms with Gasteiger partial charge in [-0.3, -0.25) is 4.79 Å². The molecule has 6 heteroatoms. The van der Waals surface area contributed by atoms with Crippen LogP contribution in [0.25, 0.3) is 0 Å². The van der Waals surface area contributed by atoms with E-state index in [4.69, 9.17) is 4.74 Å². The van der Waals surface area contributed by atoms with Gasteiger partial charge >= 0.3 is 0 Å². The summed E-state index contributed by atoms with van der Waals surface area (Å²) < 4.78 is 18.9. The molecule has 5 nitrogen and oxygen atoms in total. The first kappa shape index (κ1) is 21.3. The number of piperazine rings is 1. The van der Waals surface area contributed by atoms with Crippen LogP contribution in [0.1, 0.15) is 16.7 Å². The molecule has 1 saturated heterocycles. The molecule has 156 valence electrons. The van der Waals surface area contributed by atoms with Crippen LogP contribution in [0.15, 0.2) is 42.5 Å². The minimum atomic E-state index is -0.230. The molecule has 1 amide bonds. The molecule has 0 radical (unpaired) electrons. The molecular formula is C23H32FN3O2+2. The zero-order valence-electron chi connectivity index (χ0n) is 17.6. The van der Waals surface area contributed by atoms with Crippen molar-refractivity contribution < 1.29 is 23.7 Å². The van der Waals surface area contributed by atoms with Crippen molar-refractivity contribution in [3.8, 4) is 5.75 Å². The van der Waals surface area contributed by atoms with Gasteiger partial charge in [0.1, 0.15) is 44.3 Å². The molecule has 0 aliphatic carbocycles. The summed E-state index contributed by atoms with van der Waals surface area (Å²) in [5.74, 6) is 0.684. The van der Waals surface area contributed by atoms with Crippen molar-refractivity contribution in [2.45, 2.75) is 20.0 Å². The number of amides is 1. The Morgan fingerprint density at radius 2 is 1.72 bits per heavy atom. The number of hydrogen-bond donors (Lipinski definition) is 2. The molecule has 0 unspecified atom stereocenters. The summed E-state index contributed by atoms with van der Waals surface area (Å²) in [7, 11) is 3.49. The first-order valence-corrected chi connectivity index (χ1v) is 10.2. The Balaban J connectivity index is 1.46. The largest absolute Gasteiger partial charge is 0.496 e. The molecule has 3 rings (SSSR count). The highest BCUT2D eigenvalue weighted by atomic mass is 19.1. The van der Waals surface area contributed by atoms with Crippen molar-refractivity contribution >= 4 is 5.91 Å². The fourth-order valence-corrected chi connectivity index (χ4v) is 3.87.